The number of thioether (sulfide) groups is 1. The van der Waals surface area contributed by atoms with E-state index < -0.39 is 0 Å². The Morgan fingerprint density at radius 2 is 2.28 bits per heavy atom. The molecule has 0 radical (unpaired) electrons. The third-order valence-corrected chi connectivity index (χ3v) is 5.42. The first kappa shape index (κ1) is 10.6. The Labute approximate surface area is 114 Å². The molecule has 3 heterocycles. The molecule has 0 bridgehead atoms. The van der Waals surface area contributed by atoms with Crippen molar-refractivity contribution < 1.29 is 0 Å². The fraction of sp³-hybridized carbons (Fsp3) is 0.214. The van der Waals surface area contributed by atoms with Crippen molar-refractivity contribution in [3.05, 3.63) is 40.1 Å². The lowest BCUT2D eigenvalue weighted by Gasteiger charge is -2.14. The fourth-order valence-electron chi connectivity index (χ4n) is 2.45. The molecule has 2 aromatic rings. The Kier molecular flexibility index (Phi) is 2.29. The lowest BCUT2D eigenvalue weighted by molar-refractivity contribution is 0.652. The SMILES string of the molecule is Cc1cccc2sc(C3=CSC4=NCCN34)cc12. The molecule has 1 aromatic carbocycles. The molecule has 0 saturated heterocycles. The van der Waals surface area contributed by atoms with Gasteiger partial charge in [-0.15, -0.1) is 11.3 Å². The third kappa shape index (κ3) is 1.45. The predicted molar refractivity (Wildman–Crippen MR) is 81.1 cm³/mol. The number of nitrogens with zero attached hydrogens (tertiary/aromatic N) is 2. The molecule has 2 aliphatic heterocycles. The minimum absolute atomic E-state index is 0.934. The first-order valence-corrected chi connectivity index (χ1v) is 7.71. The molecule has 0 fully saturated rings. The van der Waals surface area contributed by atoms with Crippen molar-refractivity contribution in [1.29, 1.82) is 0 Å². The van der Waals surface area contributed by atoms with Gasteiger partial charge >= 0.3 is 0 Å². The molecule has 0 amide bonds. The molecular weight excluding hydrogens is 260 g/mol. The quantitative estimate of drug-likeness (QED) is 0.781. The average Bonchev–Trinajstić information content (AvgIpc) is 3.02. The van der Waals surface area contributed by atoms with Gasteiger partial charge in [0.15, 0.2) is 5.17 Å². The second-order valence-corrected chi connectivity index (χ2v) is 6.45. The van der Waals surface area contributed by atoms with Crippen molar-refractivity contribution in [3.63, 3.8) is 0 Å². The molecule has 4 heteroatoms. The van der Waals surface area contributed by atoms with Crippen LogP contribution in [0.2, 0.25) is 0 Å². The highest BCUT2D eigenvalue weighted by Gasteiger charge is 2.28. The summed E-state index contributed by atoms with van der Waals surface area (Å²) in [6, 6.07) is 8.85. The van der Waals surface area contributed by atoms with Gasteiger partial charge in [0.05, 0.1) is 17.1 Å². The second-order valence-electron chi connectivity index (χ2n) is 4.53. The van der Waals surface area contributed by atoms with E-state index in [1.165, 1.54) is 31.4 Å². The zero-order chi connectivity index (χ0) is 12.1. The van der Waals surface area contributed by atoms with Crippen LogP contribution in [0.15, 0.2) is 34.7 Å². The van der Waals surface area contributed by atoms with Gasteiger partial charge in [0.2, 0.25) is 0 Å². The molecule has 0 unspecified atom stereocenters. The molecular formula is C14H12N2S2. The molecule has 0 N–H and O–H groups in total. The van der Waals surface area contributed by atoms with Crippen LogP contribution in [0.1, 0.15) is 10.4 Å². The molecule has 0 spiro atoms. The number of thiophene rings is 1. The van der Waals surface area contributed by atoms with Crippen molar-refractivity contribution in [3.8, 4) is 0 Å². The lowest BCUT2D eigenvalue weighted by Crippen LogP contribution is -2.19. The molecule has 2 nitrogen and oxygen atoms in total. The van der Waals surface area contributed by atoms with Gasteiger partial charge in [-0.1, -0.05) is 23.9 Å². The Morgan fingerprint density at radius 1 is 1.33 bits per heavy atom. The van der Waals surface area contributed by atoms with Crippen LogP contribution < -0.4 is 0 Å². The first-order chi connectivity index (χ1) is 8.83. The standard InChI is InChI=1S/C14H12N2S2/c1-9-3-2-4-12-10(9)7-13(18-12)11-8-17-14-15-5-6-16(11)14/h2-4,7-8H,5-6H2,1H3. The molecule has 0 aliphatic carbocycles. The summed E-state index contributed by atoms with van der Waals surface area (Å²) in [5.41, 5.74) is 2.69. The van der Waals surface area contributed by atoms with E-state index in [-0.39, 0.29) is 0 Å². The van der Waals surface area contributed by atoms with Crippen LogP contribution in [0.5, 0.6) is 0 Å². The highest BCUT2D eigenvalue weighted by Crippen LogP contribution is 2.40. The fourth-order valence-corrected chi connectivity index (χ4v) is 4.64. The molecule has 2 aliphatic rings. The molecule has 18 heavy (non-hydrogen) atoms. The van der Waals surface area contributed by atoms with Crippen molar-refractivity contribution in [2.75, 3.05) is 13.1 Å². The highest BCUT2D eigenvalue weighted by molar-refractivity contribution is 8.16. The van der Waals surface area contributed by atoms with Crippen LogP contribution >= 0.6 is 23.1 Å². The van der Waals surface area contributed by atoms with E-state index in [4.69, 9.17) is 0 Å². The van der Waals surface area contributed by atoms with Crippen LogP contribution in [0.25, 0.3) is 15.8 Å². The maximum absolute atomic E-state index is 4.50. The van der Waals surface area contributed by atoms with Gasteiger partial charge in [0, 0.05) is 16.7 Å². The van der Waals surface area contributed by atoms with E-state index in [0.29, 0.717) is 0 Å². The summed E-state index contributed by atoms with van der Waals surface area (Å²) in [7, 11) is 0. The number of rotatable bonds is 1. The summed E-state index contributed by atoms with van der Waals surface area (Å²) in [4.78, 5) is 8.20. The van der Waals surface area contributed by atoms with Crippen molar-refractivity contribution >= 4 is 44.0 Å². The maximum atomic E-state index is 4.50. The van der Waals surface area contributed by atoms with Gasteiger partial charge in [-0.05, 0) is 30.0 Å². The van der Waals surface area contributed by atoms with E-state index in [9.17, 15) is 0 Å². The van der Waals surface area contributed by atoms with Crippen molar-refractivity contribution in [2.45, 2.75) is 6.92 Å². The summed E-state index contributed by atoms with van der Waals surface area (Å²) >= 11 is 3.63. The van der Waals surface area contributed by atoms with Gasteiger partial charge in [-0.2, -0.15) is 0 Å². The van der Waals surface area contributed by atoms with Crippen LogP contribution in [0.3, 0.4) is 0 Å². The van der Waals surface area contributed by atoms with Gasteiger partial charge in [-0.25, -0.2) is 0 Å². The van der Waals surface area contributed by atoms with Crippen LogP contribution in [-0.2, 0) is 0 Å². The minimum Gasteiger partial charge on any atom is -0.317 e. The van der Waals surface area contributed by atoms with E-state index in [0.717, 1.165) is 13.1 Å². The van der Waals surface area contributed by atoms with Crippen molar-refractivity contribution in [2.24, 2.45) is 4.99 Å². The summed E-state index contributed by atoms with van der Waals surface area (Å²) in [6.45, 7) is 4.14. The Bertz CT molecular complexity index is 697. The highest BCUT2D eigenvalue weighted by atomic mass is 32.2. The molecule has 0 saturated carbocycles. The minimum atomic E-state index is 0.934. The topological polar surface area (TPSA) is 15.6 Å². The second kappa shape index (κ2) is 3.87. The zero-order valence-corrected chi connectivity index (χ0v) is 11.6. The Hall–Kier alpha value is -1.26. The summed E-state index contributed by atoms with van der Waals surface area (Å²) < 4.78 is 1.38. The number of aliphatic imine (C=N–C) groups is 1. The molecule has 4 rings (SSSR count). The van der Waals surface area contributed by atoms with E-state index in [1.807, 2.05) is 11.3 Å². The smallest absolute Gasteiger partial charge is 0.168 e. The van der Waals surface area contributed by atoms with E-state index >= 15 is 0 Å². The molecule has 0 atom stereocenters. The molecule has 1 aromatic heterocycles. The largest absolute Gasteiger partial charge is 0.317 e. The van der Waals surface area contributed by atoms with Gasteiger partial charge in [0.1, 0.15) is 0 Å². The van der Waals surface area contributed by atoms with Crippen LogP contribution in [0, 0.1) is 6.92 Å². The normalized spacial score (nSPS) is 18.2. The van der Waals surface area contributed by atoms with Crippen LogP contribution in [0.4, 0.5) is 0 Å². The first-order valence-electron chi connectivity index (χ1n) is 6.01. The van der Waals surface area contributed by atoms with E-state index in [1.54, 1.807) is 11.8 Å². The average molecular weight is 272 g/mol. The number of fused-ring (bicyclic) bond motifs is 2. The number of hydrogen-bond donors (Lipinski definition) is 0. The van der Waals surface area contributed by atoms with E-state index in [2.05, 4.69) is 46.5 Å². The zero-order valence-electron chi connectivity index (χ0n) is 10.0. The molecule has 90 valence electrons. The number of hydrogen-bond acceptors (Lipinski definition) is 4. The number of benzene rings is 1. The van der Waals surface area contributed by atoms with Gasteiger partial charge < -0.3 is 4.90 Å². The summed E-state index contributed by atoms with van der Waals surface area (Å²) in [5, 5.41) is 4.78. The van der Waals surface area contributed by atoms with Gasteiger partial charge in [0.25, 0.3) is 0 Å². The van der Waals surface area contributed by atoms with Crippen molar-refractivity contribution in [1.82, 2.24) is 4.90 Å². The van der Waals surface area contributed by atoms with Gasteiger partial charge in [-0.3, -0.25) is 4.99 Å². The maximum Gasteiger partial charge on any atom is 0.168 e. The lowest BCUT2D eigenvalue weighted by atomic mass is 10.1. The predicted octanol–water partition coefficient (Wildman–Crippen LogP) is 3.93. The summed E-state index contributed by atoms with van der Waals surface area (Å²) in [5.74, 6) is 0. The monoisotopic (exact) mass is 272 g/mol. The Balaban J connectivity index is 1.84. The number of amidine groups is 1. The van der Waals surface area contributed by atoms with Crippen LogP contribution in [-0.4, -0.2) is 23.2 Å². The third-order valence-electron chi connectivity index (χ3n) is 3.40. The summed E-state index contributed by atoms with van der Waals surface area (Å²) in [6.07, 6.45) is 0. The number of aryl methyl sites for hydroxylation is 1. The Morgan fingerprint density at radius 3 is 3.17 bits per heavy atom.